The number of sulfonamides is 1. The Morgan fingerprint density at radius 1 is 1.12 bits per heavy atom. The first-order valence-electron chi connectivity index (χ1n) is 11.1. The number of fused-ring (bicyclic) bond motifs is 1. The summed E-state index contributed by atoms with van der Waals surface area (Å²) in [7, 11) is -3.45. The zero-order valence-electron chi connectivity index (χ0n) is 18.6. The van der Waals surface area contributed by atoms with Crippen molar-refractivity contribution in [2.75, 3.05) is 43.4 Å². The predicted octanol–water partition coefficient (Wildman–Crippen LogP) is 2.67. The monoisotopic (exact) mass is 468 g/mol. The normalized spacial score (nSPS) is 15.4. The van der Waals surface area contributed by atoms with Gasteiger partial charge in [-0.15, -0.1) is 0 Å². The van der Waals surface area contributed by atoms with Crippen LogP contribution in [0, 0.1) is 0 Å². The van der Waals surface area contributed by atoms with Crippen LogP contribution in [0.25, 0.3) is 17.0 Å². The molecule has 0 aliphatic carbocycles. The van der Waals surface area contributed by atoms with Gasteiger partial charge in [-0.1, -0.05) is 31.2 Å². The van der Waals surface area contributed by atoms with Gasteiger partial charge in [0.25, 0.3) is 0 Å². The van der Waals surface area contributed by atoms with Crippen molar-refractivity contribution in [2.45, 2.75) is 13.3 Å². The molecular formula is C24H28N4O4S. The largest absolute Gasteiger partial charge is 0.460 e. The Balaban J connectivity index is 1.28. The van der Waals surface area contributed by atoms with Crippen molar-refractivity contribution in [3.8, 4) is 0 Å². The van der Waals surface area contributed by atoms with Gasteiger partial charge in [-0.2, -0.15) is 4.31 Å². The van der Waals surface area contributed by atoms with Crippen molar-refractivity contribution in [3.05, 3.63) is 66.1 Å². The van der Waals surface area contributed by atoms with E-state index < -0.39 is 10.0 Å². The highest BCUT2D eigenvalue weighted by molar-refractivity contribution is 7.89. The highest BCUT2D eigenvalue weighted by atomic mass is 32.2. The molecule has 0 radical (unpaired) electrons. The summed E-state index contributed by atoms with van der Waals surface area (Å²) in [6.07, 6.45) is 5.59. The number of para-hydroxylation sites is 1. The summed E-state index contributed by atoms with van der Waals surface area (Å²) in [6.45, 7) is 4.03. The topological polar surface area (TPSA) is 95.7 Å². The molecule has 1 fully saturated rings. The van der Waals surface area contributed by atoms with Crippen LogP contribution in [-0.2, 0) is 21.2 Å². The first-order valence-corrected chi connectivity index (χ1v) is 12.7. The molecule has 9 heteroatoms. The average Bonchev–Trinajstić information content (AvgIpc) is 3.21. The predicted molar refractivity (Wildman–Crippen MR) is 129 cm³/mol. The van der Waals surface area contributed by atoms with Gasteiger partial charge in [-0.25, -0.2) is 13.4 Å². The molecule has 3 aromatic rings. The van der Waals surface area contributed by atoms with Gasteiger partial charge >= 0.3 is 0 Å². The van der Waals surface area contributed by atoms with Crippen LogP contribution in [0.3, 0.4) is 0 Å². The van der Waals surface area contributed by atoms with E-state index in [1.807, 2.05) is 49.4 Å². The summed E-state index contributed by atoms with van der Waals surface area (Å²) in [5.41, 5.74) is 1.66. The number of piperazine rings is 1. The fourth-order valence-electron chi connectivity index (χ4n) is 3.95. The number of anilines is 1. The Labute approximate surface area is 193 Å². The number of aromatic nitrogens is 1. The molecule has 174 valence electrons. The molecule has 4 rings (SSSR count). The number of hydrogen-bond acceptors (Lipinski definition) is 6. The van der Waals surface area contributed by atoms with Gasteiger partial charge < -0.3 is 14.6 Å². The van der Waals surface area contributed by atoms with Crippen LogP contribution in [0.4, 0.5) is 5.82 Å². The lowest BCUT2D eigenvalue weighted by atomic mass is 10.1. The van der Waals surface area contributed by atoms with Crippen molar-refractivity contribution < 1.29 is 17.6 Å². The summed E-state index contributed by atoms with van der Waals surface area (Å²) in [5.74, 6) is 1.20. The molecule has 1 N–H and O–H groups in total. The lowest BCUT2D eigenvalue weighted by molar-refractivity contribution is -0.116. The summed E-state index contributed by atoms with van der Waals surface area (Å²) >= 11 is 0. The van der Waals surface area contributed by atoms with Crippen LogP contribution in [0.15, 0.2) is 59.2 Å². The number of hydrogen-bond donors (Lipinski definition) is 1. The van der Waals surface area contributed by atoms with E-state index in [9.17, 15) is 13.2 Å². The lowest BCUT2D eigenvalue weighted by Crippen LogP contribution is -2.50. The summed E-state index contributed by atoms with van der Waals surface area (Å²) in [5, 5.41) is 3.63. The van der Waals surface area contributed by atoms with Gasteiger partial charge in [-0.05, 0) is 24.3 Å². The number of aryl methyl sites for hydroxylation is 1. The summed E-state index contributed by atoms with van der Waals surface area (Å²) in [4.78, 5) is 18.7. The minimum absolute atomic E-state index is 0.0543. The number of amides is 1. The third-order valence-corrected chi connectivity index (χ3v) is 7.57. The van der Waals surface area contributed by atoms with Crippen LogP contribution in [0.1, 0.15) is 18.2 Å². The van der Waals surface area contributed by atoms with Gasteiger partial charge in [0.05, 0.1) is 5.75 Å². The molecule has 8 nitrogen and oxygen atoms in total. The Hall–Kier alpha value is -3.17. The number of carbonyl (C=O) groups excluding carboxylic acids is 1. The van der Waals surface area contributed by atoms with Gasteiger partial charge in [-0.3, -0.25) is 4.79 Å². The van der Waals surface area contributed by atoms with E-state index in [4.69, 9.17) is 4.42 Å². The van der Waals surface area contributed by atoms with E-state index in [1.54, 1.807) is 12.3 Å². The molecule has 1 aromatic carbocycles. The molecule has 1 aliphatic rings. The second-order valence-corrected chi connectivity index (χ2v) is 9.89. The number of benzene rings is 1. The van der Waals surface area contributed by atoms with Crippen LogP contribution in [-0.4, -0.2) is 62.1 Å². The third kappa shape index (κ3) is 5.43. The first-order chi connectivity index (χ1) is 16.0. The zero-order valence-corrected chi connectivity index (χ0v) is 19.4. The third-order valence-electron chi connectivity index (χ3n) is 5.70. The van der Waals surface area contributed by atoms with E-state index in [2.05, 4.69) is 15.2 Å². The van der Waals surface area contributed by atoms with Crippen molar-refractivity contribution in [1.29, 1.82) is 0 Å². The van der Waals surface area contributed by atoms with Crippen molar-refractivity contribution in [2.24, 2.45) is 0 Å². The van der Waals surface area contributed by atoms with Gasteiger partial charge in [0, 0.05) is 62.4 Å². The summed E-state index contributed by atoms with van der Waals surface area (Å²) < 4.78 is 32.7. The lowest BCUT2D eigenvalue weighted by Gasteiger charge is -2.34. The molecule has 0 spiro atoms. The first kappa shape index (κ1) is 23.0. The fraction of sp³-hybridized carbons (Fsp3) is 0.333. The zero-order chi connectivity index (χ0) is 23.3. The highest BCUT2D eigenvalue weighted by Crippen LogP contribution is 2.27. The second-order valence-electron chi connectivity index (χ2n) is 7.80. The standard InChI is InChI=1S/C24H28N4O4S/c1-2-21-20(19-7-3-4-8-22(19)32-21)10-11-24(29)26-13-18-33(30,31)28-16-14-27(15-17-28)23-9-5-6-12-25-23/h3-12H,2,13-18H2,1H3,(H,26,29)/b11-10+. The van der Waals surface area contributed by atoms with E-state index >= 15 is 0 Å². The maximum atomic E-state index is 12.7. The van der Waals surface area contributed by atoms with E-state index in [0.29, 0.717) is 32.6 Å². The Kier molecular flexibility index (Phi) is 7.10. The summed E-state index contributed by atoms with van der Waals surface area (Å²) in [6, 6.07) is 13.4. The fourth-order valence-corrected chi connectivity index (χ4v) is 5.29. The molecule has 0 bridgehead atoms. The van der Waals surface area contributed by atoms with Crippen molar-refractivity contribution in [1.82, 2.24) is 14.6 Å². The maximum Gasteiger partial charge on any atom is 0.244 e. The average molecular weight is 469 g/mol. The minimum atomic E-state index is -3.45. The van der Waals surface area contributed by atoms with E-state index in [1.165, 1.54) is 10.4 Å². The van der Waals surface area contributed by atoms with Crippen molar-refractivity contribution in [3.63, 3.8) is 0 Å². The van der Waals surface area contributed by atoms with Gasteiger partial charge in [0.2, 0.25) is 15.9 Å². The number of rotatable bonds is 8. The van der Waals surface area contributed by atoms with Crippen LogP contribution < -0.4 is 10.2 Å². The Morgan fingerprint density at radius 3 is 2.61 bits per heavy atom. The number of furan rings is 1. The van der Waals surface area contributed by atoms with Gasteiger partial charge in [0.15, 0.2) is 0 Å². The smallest absolute Gasteiger partial charge is 0.244 e. The molecule has 1 aliphatic heterocycles. The number of carbonyl (C=O) groups is 1. The molecule has 3 heterocycles. The molecule has 1 amide bonds. The molecule has 0 atom stereocenters. The van der Waals surface area contributed by atoms with Gasteiger partial charge in [0.1, 0.15) is 17.2 Å². The number of nitrogens with one attached hydrogen (secondary N) is 1. The van der Waals surface area contributed by atoms with Crippen LogP contribution in [0.2, 0.25) is 0 Å². The van der Waals surface area contributed by atoms with Crippen LogP contribution in [0.5, 0.6) is 0 Å². The molecular weight excluding hydrogens is 440 g/mol. The Bertz CT molecular complexity index is 1230. The van der Waals surface area contributed by atoms with E-state index in [0.717, 1.165) is 28.1 Å². The number of nitrogens with zero attached hydrogens (tertiary/aromatic N) is 3. The molecule has 33 heavy (non-hydrogen) atoms. The van der Waals surface area contributed by atoms with E-state index in [-0.39, 0.29) is 18.2 Å². The van der Waals surface area contributed by atoms with Crippen LogP contribution >= 0.6 is 0 Å². The molecule has 2 aromatic heterocycles. The maximum absolute atomic E-state index is 12.7. The SMILES string of the molecule is CCc1oc2ccccc2c1/C=C/C(=O)NCCS(=O)(=O)N1CCN(c2ccccn2)CC1. The molecule has 1 saturated heterocycles. The highest BCUT2D eigenvalue weighted by Gasteiger charge is 2.27. The number of pyridine rings is 1. The molecule has 0 unspecified atom stereocenters. The Morgan fingerprint density at radius 2 is 1.88 bits per heavy atom. The molecule has 0 saturated carbocycles. The second kappa shape index (κ2) is 10.2. The van der Waals surface area contributed by atoms with Crippen molar-refractivity contribution >= 4 is 38.8 Å². The minimum Gasteiger partial charge on any atom is -0.460 e. The quantitative estimate of drug-likeness (QED) is 0.511.